The molecular formula is C28H24N4O6. The van der Waals surface area contributed by atoms with E-state index >= 15 is 0 Å². The Morgan fingerprint density at radius 2 is 1.76 bits per heavy atom. The van der Waals surface area contributed by atoms with Gasteiger partial charge in [-0.25, -0.2) is 0 Å². The van der Waals surface area contributed by atoms with Crippen LogP contribution in [0.1, 0.15) is 32.9 Å². The minimum atomic E-state index is -0.539. The summed E-state index contributed by atoms with van der Waals surface area (Å²) in [4.78, 5) is 35.9. The molecule has 10 heteroatoms. The topological polar surface area (TPSA) is 137 Å². The van der Waals surface area contributed by atoms with Crippen molar-refractivity contribution in [1.82, 2.24) is 5.16 Å². The highest BCUT2D eigenvalue weighted by Gasteiger charge is 2.21. The van der Waals surface area contributed by atoms with Crippen LogP contribution in [0.2, 0.25) is 0 Å². The van der Waals surface area contributed by atoms with E-state index in [2.05, 4.69) is 15.8 Å². The summed E-state index contributed by atoms with van der Waals surface area (Å²) >= 11 is 0. The van der Waals surface area contributed by atoms with Crippen molar-refractivity contribution >= 4 is 41.0 Å². The molecule has 0 bridgehead atoms. The fourth-order valence-corrected chi connectivity index (χ4v) is 3.61. The molecule has 1 aromatic heterocycles. The van der Waals surface area contributed by atoms with Gasteiger partial charge in [0.15, 0.2) is 12.3 Å². The average molecular weight is 513 g/mol. The van der Waals surface area contributed by atoms with Crippen molar-refractivity contribution in [2.24, 2.45) is 0 Å². The van der Waals surface area contributed by atoms with Crippen molar-refractivity contribution in [2.75, 3.05) is 17.2 Å². The Morgan fingerprint density at radius 3 is 2.50 bits per heavy atom. The minimum Gasteiger partial charge on any atom is -0.484 e. The van der Waals surface area contributed by atoms with E-state index in [0.29, 0.717) is 22.7 Å². The highest BCUT2D eigenvalue weighted by atomic mass is 16.6. The number of nitrogens with zero attached hydrogens (tertiary/aromatic N) is 2. The zero-order chi connectivity index (χ0) is 27.1. The first-order chi connectivity index (χ1) is 18.3. The molecule has 4 aromatic rings. The van der Waals surface area contributed by atoms with Gasteiger partial charge in [0.05, 0.1) is 16.2 Å². The Labute approximate surface area is 218 Å². The van der Waals surface area contributed by atoms with Gasteiger partial charge in [-0.1, -0.05) is 47.6 Å². The second-order valence-electron chi connectivity index (χ2n) is 8.35. The van der Waals surface area contributed by atoms with Crippen LogP contribution in [0.3, 0.4) is 0 Å². The molecule has 1 heterocycles. The number of hydrogen-bond donors (Lipinski definition) is 2. The van der Waals surface area contributed by atoms with Gasteiger partial charge in [0.25, 0.3) is 11.8 Å². The molecule has 0 aliphatic carbocycles. The first-order valence-electron chi connectivity index (χ1n) is 11.6. The third kappa shape index (κ3) is 6.49. The molecular weight excluding hydrogens is 488 g/mol. The zero-order valence-electron chi connectivity index (χ0n) is 20.6. The van der Waals surface area contributed by atoms with Gasteiger partial charge >= 0.3 is 5.69 Å². The van der Waals surface area contributed by atoms with Gasteiger partial charge in [-0.3, -0.25) is 19.7 Å². The van der Waals surface area contributed by atoms with E-state index in [0.717, 1.165) is 11.1 Å². The number of rotatable bonds is 9. The van der Waals surface area contributed by atoms with Crippen molar-refractivity contribution < 1.29 is 23.8 Å². The van der Waals surface area contributed by atoms with E-state index in [1.165, 1.54) is 13.0 Å². The number of aromatic nitrogens is 1. The SMILES string of the molecule is Cc1cccc(NC(=O)c2ccccc2NC(=O)COc2ccc(/C=C/c3onc(C)c3[N+](=O)[O-])cc2)c1. The molecule has 0 fully saturated rings. The summed E-state index contributed by atoms with van der Waals surface area (Å²) in [6.45, 7) is 3.16. The molecule has 10 nitrogen and oxygen atoms in total. The van der Waals surface area contributed by atoms with Crippen molar-refractivity contribution in [2.45, 2.75) is 13.8 Å². The van der Waals surface area contributed by atoms with E-state index in [4.69, 9.17) is 9.26 Å². The number of benzene rings is 3. The maximum absolute atomic E-state index is 12.8. The van der Waals surface area contributed by atoms with Crippen molar-refractivity contribution in [3.05, 3.63) is 111 Å². The Morgan fingerprint density at radius 1 is 1.00 bits per heavy atom. The van der Waals surface area contributed by atoms with Crippen LogP contribution in [0.4, 0.5) is 17.1 Å². The molecule has 3 aromatic carbocycles. The second kappa shape index (κ2) is 11.7. The van der Waals surface area contributed by atoms with Crippen LogP contribution in [0.5, 0.6) is 5.75 Å². The van der Waals surface area contributed by atoms with E-state index < -0.39 is 10.8 Å². The molecule has 2 amide bonds. The summed E-state index contributed by atoms with van der Waals surface area (Å²) in [6.07, 6.45) is 3.11. The van der Waals surface area contributed by atoms with Gasteiger partial charge in [-0.05, 0) is 67.4 Å². The largest absolute Gasteiger partial charge is 0.484 e. The van der Waals surface area contributed by atoms with E-state index in [1.54, 1.807) is 60.7 Å². The molecule has 0 unspecified atom stereocenters. The lowest BCUT2D eigenvalue weighted by atomic mass is 10.1. The molecule has 192 valence electrons. The molecule has 4 rings (SSSR count). The number of carbonyl (C=O) groups is 2. The molecule has 38 heavy (non-hydrogen) atoms. The fourth-order valence-electron chi connectivity index (χ4n) is 3.61. The molecule has 0 aliphatic heterocycles. The number of aryl methyl sites for hydroxylation is 2. The summed E-state index contributed by atoms with van der Waals surface area (Å²) in [7, 11) is 0. The van der Waals surface area contributed by atoms with Gasteiger partial charge in [0.1, 0.15) is 5.75 Å². The zero-order valence-corrected chi connectivity index (χ0v) is 20.6. The first kappa shape index (κ1) is 25.8. The van der Waals surface area contributed by atoms with E-state index in [-0.39, 0.29) is 29.7 Å². The molecule has 0 spiro atoms. The second-order valence-corrected chi connectivity index (χ2v) is 8.35. The average Bonchev–Trinajstić information content (AvgIpc) is 3.27. The Kier molecular flexibility index (Phi) is 7.92. The molecule has 0 aliphatic rings. The fraction of sp³-hybridized carbons (Fsp3) is 0.107. The van der Waals surface area contributed by atoms with Gasteiger partial charge < -0.3 is 19.9 Å². The Bertz CT molecular complexity index is 1510. The predicted octanol–water partition coefficient (Wildman–Crippen LogP) is 5.64. The van der Waals surface area contributed by atoms with Crippen LogP contribution in [0, 0.1) is 24.0 Å². The molecule has 2 N–H and O–H groups in total. The van der Waals surface area contributed by atoms with Crippen molar-refractivity contribution in [1.29, 1.82) is 0 Å². The normalized spacial score (nSPS) is 10.8. The maximum atomic E-state index is 12.8. The van der Waals surface area contributed by atoms with Crippen LogP contribution >= 0.6 is 0 Å². The molecule has 0 saturated carbocycles. The highest BCUT2D eigenvalue weighted by Crippen LogP contribution is 2.25. The lowest BCUT2D eigenvalue weighted by molar-refractivity contribution is -0.386. The smallest absolute Gasteiger partial charge is 0.338 e. The number of amides is 2. The highest BCUT2D eigenvalue weighted by molar-refractivity contribution is 6.10. The molecule has 0 atom stereocenters. The number of hydrogen-bond acceptors (Lipinski definition) is 7. The summed E-state index contributed by atoms with van der Waals surface area (Å²) < 4.78 is 10.6. The lowest BCUT2D eigenvalue weighted by Gasteiger charge is -2.12. The van der Waals surface area contributed by atoms with Gasteiger partial charge in [-0.2, -0.15) is 0 Å². The number of para-hydroxylation sites is 1. The minimum absolute atomic E-state index is 0.0531. The van der Waals surface area contributed by atoms with Gasteiger partial charge in [-0.15, -0.1) is 0 Å². The van der Waals surface area contributed by atoms with Crippen LogP contribution in [0.15, 0.2) is 77.3 Å². The van der Waals surface area contributed by atoms with Crippen LogP contribution < -0.4 is 15.4 Å². The number of nitro groups is 1. The number of carbonyl (C=O) groups excluding carboxylic acids is 2. The van der Waals surface area contributed by atoms with Gasteiger partial charge in [0, 0.05) is 5.69 Å². The van der Waals surface area contributed by atoms with Crippen molar-refractivity contribution in [3.63, 3.8) is 0 Å². The number of ether oxygens (including phenoxy) is 1. The van der Waals surface area contributed by atoms with E-state index in [9.17, 15) is 19.7 Å². The van der Waals surface area contributed by atoms with Gasteiger partial charge in [0.2, 0.25) is 5.76 Å². The van der Waals surface area contributed by atoms with Crippen molar-refractivity contribution in [3.8, 4) is 5.75 Å². The number of nitrogens with one attached hydrogen (secondary N) is 2. The Balaban J connectivity index is 1.34. The Hall–Kier alpha value is -5.25. The maximum Gasteiger partial charge on any atom is 0.338 e. The third-order valence-corrected chi connectivity index (χ3v) is 5.44. The third-order valence-electron chi connectivity index (χ3n) is 5.44. The standard InChI is InChI=1S/C28H24N4O6/c1-18-6-5-7-21(16-18)29-28(34)23-8-3-4-9-24(23)30-26(33)17-37-22-13-10-20(11-14-22)12-15-25-27(32(35)36)19(2)31-38-25/h3-16H,17H2,1-2H3,(H,29,34)(H,30,33)/b15-12+. The summed E-state index contributed by atoms with van der Waals surface area (Å²) in [5, 5.41) is 20.3. The quantitative estimate of drug-likeness (QED) is 0.219. The summed E-state index contributed by atoms with van der Waals surface area (Å²) in [6, 6.07) is 20.9. The van der Waals surface area contributed by atoms with Crippen LogP contribution in [0.25, 0.3) is 12.2 Å². The molecule has 0 saturated heterocycles. The lowest BCUT2D eigenvalue weighted by Crippen LogP contribution is -2.22. The predicted molar refractivity (Wildman–Crippen MR) is 143 cm³/mol. The van der Waals surface area contributed by atoms with Crippen LogP contribution in [-0.2, 0) is 4.79 Å². The number of anilines is 2. The molecule has 0 radical (unpaired) electrons. The van der Waals surface area contributed by atoms with Crippen LogP contribution in [-0.4, -0.2) is 28.5 Å². The van der Waals surface area contributed by atoms with E-state index in [1.807, 2.05) is 25.1 Å². The summed E-state index contributed by atoms with van der Waals surface area (Å²) in [5.41, 5.74) is 3.11. The first-order valence-corrected chi connectivity index (χ1v) is 11.6. The monoisotopic (exact) mass is 512 g/mol. The summed E-state index contributed by atoms with van der Waals surface area (Å²) in [5.74, 6) is -0.277.